The summed E-state index contributed by atoms with van der Waals surface area (Å²) in [5.41, 5.74) is 0.770. The zero-order valence-corrected chi connectivity index (χ0v) is 14.7. The highest BCUT2D eigenvalue weighted by Gasteiger charge is 2.29. The highest BCUT2D eigenvalue weighted by molar-refractivity contribution is 6.30. The summed E-state index contributed by atoms with van der Waals surface area (Å²) in [6.07, 6.45) is -0.211. The van der Waals surface area contributed by atoms with Crippen LogP contribution in [0.1, 0.15) is 12.0 Å². The van der Waals surface area contributed by atoms with Gasteiger partial charge in [-0.05, 0) is 48.9 Å². The van der Waals surface area contributed by atoms with Gasteiger partial charge in [0.2, 0.25) is 0 Å². The largest absolute Gasteiger partial charge is 0.496 e. The fourth-order valence-corrected chi connectivity index (χ4v) is 3.18. The van der Waals surface area contributed by atoms with Crippen LogP contribution in [0.4, 0.5) is 4.39 Å². The van der Waals surface area contributed by atoms with E-state index in [1.165, 1.54) is 12.1 Å². The Morgan fingerprint density at radius 1 is 1.24 bits per heavy atom. The fraction of sp³-hybridized carbons (Fsp3) is 0.368. The number of hydrogen-bond donors (Lipinski definition) is 1. The molecule has 6 heteroatoms. The molecule has 0 spiro atoms. The zero-order chi connectivity index (χ0) is 17.8. The summed E-state index contributed by atoms with van der Waals surface area (Å²) in [6, 6.07) is 11.6. The van der Waals surface area contributed by atoms with Gasteiger partial charge in [0.25, 0.3) is 0 Å². The van der Waals surface area contributed by atoms with Crippen molar-refractivity contribution in [1.82, 2.24) is 4.90 Å². The van der Waals surface area contributed by atoms with E-state index in [1.807, 2.05) is 0 Å². The lowest BCUT2D eigenvalue weighted by Crippen LogP contribution is -2.48. The van der Waals surface area contributed by atoms with Gasteiger partial charge in [0.1, 0.15) is 29.5 Å². The number of nitrogens with zero attached hydrogens (tertiary/aromatic N) is 1. The van der Waals surface area contributed by atoms with Gasteiger partial charge < -0.3 is 14.6 Å². The molecule has 25 heavy (non-hydrogen) atoms. The van der Waals surface area contributed by atoms with Crippen LogP contribution in [0.25, 0.3) is 0 Å². The highest BCUT2D eigenvalue weighted by Crippen LogP contribution is 2.25. The van der Waals surface area contributed by atoms with E-state index in [0.29, 0.717) is 36.0 Å². The van der Waals surface area contributed by atoms with E-state index in [1.54, 1.807) is 37.4 Å². The molecule has 2 aromatic carbocycles. The number of methoxy groups -OCH3 is 1. The predicted octanol–water partition coefficient (Wildman–Crippen LogP) is 3.50. The average Bonchev–Trinajstić information content (AvgIpc) is 2.59. The van der Waals surface area contributed by atoms with Gasteiger partial charge in [-0.15, -0.1) is 0 Å². The Balaban J connectivity index is 1.60. The average molecular weight is 366 g/mol. The standard InChI is InChI=1S/C19H21ClFNO3/c1-24-18-7-4-15(21)10-13(18)11-22-9-8-19(17(23)12-22)25-16-5-2-14(20)3-6-16/h2-7,10,17,19,23H,8-9,11-12H2,1H3/t17-,19-/m1/s1. The maximum atomic E-state index is 13.5. The van der Waals surface area contributed by atoms with Crippen LogP contribution in [0.3, 0.4) is 0 Å². The molecule has 2 aromatic rings. The maximum Gasteiger partial charge on any atom is 0.127 e. The third-order valence-corrected chi connectivity index (χ3v) is 4.59. The van der Waals surface area contributed by atoms with Crippen molar-refractivity contribution < 1.29 is 19.0 Å². The second kappa shape index (κ2) is 8.04. The van der Waals surface area contributed by atoms with Crippen molar-refractivity contribution in [2.45, 2.75) is 25.2 Å². The molecule has 0 bridgehead atoms. The van der Waals surface area contributed by atoms with E-state index in [9.17, 15) is 9.50 Å². The van der Waals surface area contributed by atoms with Gasteiger partial charge in [0, 0.05) is 30.2 Å². The molecule has 1 saturated heterocycles. The van der Waals surface area contributed by atoms with Gasteiger partial charge >= 0.3 is 0 Å². The first-order valence-corrected chi connectivity index (χ1v) is 8.58. The van der Waals surface area contributed by atoms with E-state index >= 15 is 0 Å². The van der Waals surface area contributed by atoms with Gasteiger partial charge in [-0.1, -0.05) is 11.6 Å². The van der Waals surface area contributed by atoms with Crippen LogP contribution in [-0.2, 0) is 6.54 Å². The molecule has 0 amide bonds. The third kappa shape index (κ3) is 4.63. The second-order valence-corrected chi connectivity index (χ2v) is 6.59. The summed E-state index contributed by atoms with van der Waals surface area (Å²) >= 11 is 5.87. The van der Waals surface area contributed by atoms with Crippen LogP contribution in [0.15, 0.2) is 42.5 Å². The van der Waals surface area contributed by atoms with Crippen molar-refractivity contribution in [3.8, 4) is 11.5 Å². The molecule has 0 unspecified atom stereocenters. The van der Waals surface area contributed by atoms with E-state index in [0.717, 1.165) is 12.1 Å². The van der Waals surface area contributed by atoms with Crippen LogP contribution >= 0.6 is 11.6 Å². The van der Waals surface area contributed by atoms with Crippen LogP contribution in [-0.4, -0.2) is 42.4 Å². The molecule has 1 heterocycles. The highest BCUT2D eigenvalue weighted by atomic mass is 35.5. The van der Waals surface area contributed by atoms with Crippen molar-refractivity contribution in [3.63, 3.8) is 0 Å². The minimum atomic E-state index is -0.621. The SMILES string of the molecule is COc1ccc(F)cc1CN1CC[C@@H](Oc2ccc(Cl)cc2)[C@H](O)C1. The lowest BCUT2D eigenvalue weighted by Gasteiger charge is -2.36. The number of β-amino-alcohol motifs (C(OH)–C–C–N with tert-alkyl or cyclic N) is 1. The van der Waals surface area contributed by atoms with Crippen LogP contribution < -0.4 is 9.47 Å². The molecule has 1 aliphatic rings. The molecule has 3 rings (SSSR count). The van der Waals surface area contributed by atoms with E-state index in [2.05, 4.69) is 4.90 Å². The van der Waals surface area contributed by atoms with Crippen molar-refractivity contribution >= 4 is 11.6 Å². The van der Waals surface area contributed by atoms with Crippen LogP contribution in [0, 0.1) is 5.82 Å². The molecule has 134 valence electrons. The van der Waals surface area contributed by atoms with Crippen molar-refractivity contribution in [2.24, 2.45) is 0 Å². The Morgan fingerprint density at radius 3 is 2.68 bits per heavy atom. The summed E-state index contributed by atoms with van der Waals surface area (Å²) in [5, 5.41) is 11.1. The lowest BCUT2D eigenvalue weighted by atomic mass is 10.0. The lowest BCUT2D eigenvalue weighted by molar-refractivity contribution is -0.0276. The Kier molecular flexibility index (Phi) is 5.78. The smallest absolute Gasteiger partial charge is 0.127 e. The summed E-state index contributed by atoms with van der Waals surface area (Å²) in [5.74, 6) is 1.04. The molecule has 0 aliphatic carbocycles. The van der Waals surface area contributed by atoms with Crippen molar-refractivity contribution in [2.75, 3.05) is 20.2 Å². The molecular formula is C19H21ClFNO3. The Hall–Kier alpha value is -1.82. The Labute approximate surface area is 151 Å². The first-order chi connectivity index (χ1) is 12.0. The molecule has 1 aliphatic heterocycles. The zero-order valence-electron chi connectivity index (χ0n) is 14.0. The second-order valence-electron chi connectivity index (χ2n) is 6.16. The minimum absolute atomic E-state index is 0.271. The van der Waals surface area contributed by atoms with Crippen molar-refractivity contribution in [3.05, 3.63) is 58.9 Å². The van der Waals surface area contributed by atoms with Gasteiger partial charge in [0.05, 0.1) is 7.11 Å². The first kappa shape index (κ1) is 18.0. The summed E-state index contributed by atoms with van der Waals surface area (Å²) in [6.45, 7) is 1.72. The molecule has 1 fully saturated rings. The number of aliphatic hydroxyl groups is 1. The number of rotatable bonds is 5. The van der Waals surface area contributed by atoms with Crippen LogP contribution in [0.5, 0.6) is 11.5 Å². The maximum absolute atomic E-state index is 13.5. The molecule has 0 radical (unpaired) electrons. The third-order valence-electron chi connectivity index (χ3n) is 4.34. The minimum Gasteiger partial charge on any atom is -0.496 e. The van der Waals surface area contributed by atoms with Gasteiger partial charge in [0.15, 0.2) is 0 Å². The number of piperidine rings is 1. The fourth-order valence-electron chi connectivity index (χ4n) is 3.06. The summed E-state index contributed by atoms with van der Waals surface area (Å²) in [7, 11) is 1.57. The number of benzene rings is 2. The molecule has 0 aromatic heterocycles. The van der Waals surface area contributed by atoms with Gasteiger partial charge in [-0.25, -0.2) is 4.39 Å². The number of halogens is 2. The van der Waals surface area contributed by atoms with Crippen molar-refractivity contribution in [1.29, 1.82) is 0 Å². The number of likely N-dealkylation sites (tertiary alicyclic amines) is 1. The van der Waals surface area contributed by atoms with Gasteiger partial charge in [-0.2, -0.15) is 0 Å². The monoisotopic (exact) mass is 365 g/mol. The quantitative estimate of drug-likeness (QED) is 0.880. The summed E-state index contributed by atoms with van der Waals surface area (Å²) < 4.78 is 24.6. The predicted molar refractivity (Wildman–Crippen MR) is 94.7 cm³/mol. The molecule has 2 atom stereocenters. The van der Waals surface area contributed by atoms with E-state index in [-0.39, 0.29) is 11.9 Å². The number of ether oxygens (including phenoxy) is 2. The Bertz CT molecular complexity index is 710. The van der Waals surface area contributed by atoms with Crippen LogP contribution in [0.2, 0.25) is 5.02 Å². The summed E-state index contributed by atoms with van der Waals surface area (Å²) in [4.78, 5) is 2.07. The number of hydrogen-bond acceptors (Lipinski definition) is 4. The molecule has 0 saturated carbocycles. The molecule has 1 N–H and O–H groups in total. The van der Waals surface area contributed by atoms with Gasteiger partial charge in [-0.3, -0.25) is 4.90 Å². The number of aliphatic hydroxyl groups excluding tert-OH is 1. The topological polar surface area (TPSA) is 41.9 Å². The molecule has 4 nitrogen and oxygen atoms in total. The van der Waals surface area contributed by atoms with E-state index in [4.69, 9.17) is 21.1 Å². The first-order valence-electron chi connectivity index (χ1n) is 8.20. The van der Waals surface area contributed by atoms with E-state index < -0.39 is 6.10 Å². The Morgan fingerprint density at radius 2 is 2.00 bits per heavy atom. The normalized spacial score (nSPS) is 21.1. The molecular weight excluding hydrogens is 345 g/mol.